The van der Waals surface area contributed by atoms with Crippen LogP contribution < -0.4 is 5.32 Å². The molecule has 0 saturated carbocycles. The molecule has 0 aliphatic carbocycles. The summed E-state index contributed by atoms with van der Waals surface area (Å²) in [6, 6.07) is 13.0. The predicted molar refractivity (Wildman–Crippen MR) is 81.5 cm³/mol. The Kier molecular flexibility index (Phi) is 4.58. The van der Waals surface area contributed by atoms with E-state index in [1.807, 2.05) is 30.3 Å². The van der Waals surface area contributed by atoms with E-state index in [1.165, 1.54) is 0 Å². The zero-order valence-electron chi connectivity index (χ0n) is 12.0. The summed E-state index contributed by atoms with van der Waals surface area (Å²) >= 11 is 0. The molecule has 0 spiro atoms. The van der Waals surface area contributed by atoms with Gasteiger partial charge in [0.25, 0.3) is 0 Å². The van der Waals surface area contributed by atoms with Crippen molar-refractivity contribution in [3.05, 3.63) is 65.7 Å². The van der Waals surface area contributed by atoms with Crippen LogP contribution in [0.5, 0.6) is 0 Å². The minimum atomic E-state index is -0.128. The van der Waals surface area contributed by atoms with Crippen molar-refractivity contribution in [3.8, 4) is 0 Å². The third-order valence-electron chi connectivity index (χ3n) is 3.99. The van der Waals surface area contributed by atoms with Gasteiger partial charge in [0.1, 0.15) is 5.82 Å². The summed E-state index contributed by atoms with van der Waals surface area (Å²) in [5, 5.41) is 3.35. The Morgan fingerprint density at radius 2 is 1.86 bits per heavy atom. The number of nitrogens with zero attached hydrogens (tertiary/aromatic N) is 2. The lowest BCUT2D eigenvalue weighted by Crippen LogP contribution is -2.45. The van der Waals surface area contributed by atoms with E-state index in [2.05, 4.69) is 15.2 Å². The Balaban J connectivity index is 1.89. The average Bonchev–Trinajstić information content (AvgIpc) is 2.55. The highest BCUT2D eigenvalue weighted by Gasteiger charge is 2.24. The molecule has 1 unspecified atom stereocenters. The zero-order valence-corrected chi connectivity index (χ0v) is 12.0. The third-order valence-corrected chi connectivity index (χ3v) is 3.99. The third kappa shape index (κ3) is 3.46. The molecule has 1 saturated heterocycles. The van der Waals surface area contributed by atoms with Crippen LogP contribution in [-0.4, -0.2) is 36.1 Å². The molecule has 0 radical (unpaired) electrons. The highest BCUT2D eigenvalue weighted by Crippen LogP contribution is 2.27. The molecule has 110 valence electrons. The summed E-state index contributed by atoms with van der Waals surface area (Å²) in [5.74, 6) is -0.128. The second-order valence-corrected chi connectivity index (χ2v) is 5.35. The standard InChI is InChI=1S/C17H20FN3/c18-16-7-2-1-6-15(16)17(21-11-9-19-10-12-21)13-14-5-3-4-8-20-14/h1-8,17,19H,9-13H2. The number of hydrogen-bond donors (Lipinski definition) is 1. The molecule has 21 heavy (non-hydrogen) atoms. The first-order chi connectivity index (χ1) is 10.3. The number of rotatable bonds is 4. The van der Waals surface area contributed by atoms with E-state index >= 15 is 0 Å². The maximum absolute atomic E-state index is 14.2. The predicted octanol–water partition coefficient (Wildman–Crippen LogP) is 2.41. The Morgan fingerprint density at radius 3 is 2.57 bits per heavy atom. The minimum absolute atomic E-state index is 0.0446. The molecule has 1 aromatic carbocycles. The summed E-state index contributed by atoms with van der Waals surface area (Å²) in [7, 11) is 0. The van der Waals surface area contributed by atoms with E-state index < -0.39 is 0 Å². The van der Waals surface area contributed by atoms with Gasteiger partial charge in [-0.2, -0.15) is 0 Å². The minimum Gasteiger partial charge on any atom is -0.314 e. The highest BCUT2D eigenvalue weighted by molar-refractivity contribution is 5.23. The Labute approximate surface area is 124 Å². The van der Waals surface area contributed by atoms with Crippen molar-refractivity contribution in [2.75, 3.05) is 26.2 Å². The number of benzene rings is 1. The van der Waals surface area contributed by atoms with Gasteiger partial charge in [0, 0.05) is 56.1 Å². The van der Waals surface area contributed by atoms with Crippen LogP contribution in [0.2, 0.25) is 0 Å². The van der Waals surface area contributed by atoms with E-state index in [0.29, 0.717) is 0 Å². The van der Waals surface area contributed by atoms with Gasteiger partial charge in [-0.15, -0.1) is 0 Å². The summed E-state index contributed by atoms with van der Waals surface area (Å²) in [5.41, 5.74) is 1.77. The van der Waals surface area contributed by atoms with E-state index in [-0.39, 0.29) is 11.9 Å². The topological polar surface area (TPSA) is 28.2 Å². The molecule has 1 fully saturated rings. The quantitative estimate of drug-likeness (QED) is 0.935. The van der Waals surface area contributed by atoms with Crippen LogP contribution >= 0.6 is 0 Å². The summed E-state index contributed by atoms with van der Waals surface area (Å²) in [6.07, 6.45) is 2.53. The maximum atomic E-state index is 14.2. The zero-order chi connectivity index (χ0) is 14.5. The van der Waals surface area contributed by atoms with Gasteiger partial charge in [-0.05, 0) is 18.2 Å². The first-order valence-corrected chi connectivity index (χ1v) is 7.44. The fourth-order valence-electron chi connectivity index (χ4n) is 2.89. The number of halogens is 1. The van der Waals surface area contributed by atoms with Crippen LogP contribution in [0.15, 0.2) is 48.7 Å². The first kappa shape index (κ1) is 14.2. The van der Waals surface area contributed by atoms with Gasteiger partial charge in [-0.25, -0.2) is 4.39 Å². The van der Waals surface area contributed by atoms with Gasteiger partial charge in [-0.1, -0.05) is 24.3 Å². The monoisotopic (exact) mass is 285 g/mol. The second kappa shape index (κ2) is 6.78. The summed E-state index contributed by atoms with van der Waals surface area (Å²) in [6.45, 7) is 3.78. The molecule has 1 N–H and O–H groups in total. The molecule has 1 aliphatic rings. The van der Waals surface area contributed by atoms with Gasteiger partial charge in [0.2, 0.25) is 0 Å². The SMILES string of the molecule is Fc1ccccc1C(Cc1ccccn1)N1CCNCC1. The van der Waals surface area contributed by atoms with E-state index in [4.69, 9.17) is 0 Å². The number of hydrogen-bond acceptors (Lipinski definition) is 3. The van der Waals surface area contributed by atoms with Crippen LogP contribution in [0.3, 0.4) is 0 Å². The normalized spacial score (nSPS) is 17.6. The van der Waals surface area contributed by atoms with Crippen LogP contribution in [0, 0.1) is 5.82 Å². The van der Waals surface area contributed by atoms with E-state index in [9.17, 15) is 4.39 Å². The average molecular weight is 285 g/mol. The second-order valence-electron chi connectivity index (χ2n) is 5.35. The number of aromatic nitrogens is 1. The summed E-state index contributed by atoms with van der Waals surface area (Å²) < 4.78 is 14.2. The molecule has 0 amide bonds. The summed E-state index contributed by atoms with van der Waals surface area (Å²) in [4.78, 5) is 6.75. The Bertz CT molecular complexity index is 567. The van der Waals surface area contributed by atoms with Crippen molar-refractivity contribution in [1.82, 2.24) is 15.2 Å². The molecule has 3 nitrogen and oxygen atoms in total. The molecule has 4 heteroatoms. The van der Waals surface area contributed by atoms with Crippen molar-refractivity contribution >= 4 is 0 Å². The molecule has 1 atom stereocenters. The molecular formula is C17H20FN3. The lowest BCUT2D eigenvalue weighted by Gasteiger charge is -2.35. The van der Waals surface area contributed by atoms with Crippen LogP contribution in [0.1, 0.15) is 17.3 Å². The molecule has 2 aromatic rings. The molecule has 2 heterocycles. The fourth-order valence-corrected chi connectivity index (χ4v) is 2.89. The molecule has 3 rings (SSSR count). The Hall–Kier alpha value is -1.78. The van der Waals surface area contributed by atoms with Crippen molar-refractivity contribution in [1.29, 1.82) is 0 Å². The van der Waals surface area contributed by atoms with Gasteiger partial charge in [0.15, 0.2) is 0 Å². The largest absolute Gasteiger partial charge is 0.314 e. The van der Waals surface area contributed by atoms with Gasteiger partial charge >= 0.3 is 0 Å². The van der Waals surface area contributed by atoms with Gasteiger partial charge < -0.3 is 5.32 Å². The smallest absolute Gasteiger partial charge is 0.127 e. The molecule has 1 aliphatic heterocycles. The van der Waals surface area contributed by atoms with Crippen LogP contribution in [0.25, 0.3) is 0 Å². The molecular weight excluding hydrogens is 265 g/mol. The van der Waals surface area contributed by atoms with Crippen LogP contribution in [-0.2, 0) is 6.42 Å². The number of pyridine rings is 1. The van der Waals surface area contributed by atoms with E-state index in [1.54, 1.807) is 18.3 Å². The van der Waals surface area contributed by atoms with Crippen LogP contribution in [0.4, 0.5) is 4.39 Å². The lowest BCUT2D eigenvalue weighted by atomic mass is 9.98. The lowest BCUT2D eigenvalue weighted by molar-refractivity contribution is 0.168. The number of piperazine rings is 1. The maximum Gasteiger partial charge on any atom is 0.127 e. The van der Waals surface area contributed by atoms with Gasteiger partial charge in [-0.3, -0.25) is 9.88 Å². The van der Waals surface area contributed by atoms with Crippen molar-refractivity contribution in [2.45, 2.75) is 12.5 Å². The fraction of sp³-hybridized carbons (Fsp3) is 0.353. The molecule has 0 bridgehead atoms. The first-order valence-electron chi connectivity index (χ1n) is 7.44. The van der Waals surface area contributed by atoms with Gasteiger partial charge in [0.05, 0.1) is 0 Å². The van der Waals surface area contributed by atoms with Crippen molar-refractivity contribution in [2.24, 2.45) is 0 Å². The molecule has 1 aromatic heterocycles. The highest BCUT2D eigenvalue weighted by atomic mass is 19.1. The number of nitrogens with one attached hydrogen (secondary N) is 1. The Morgan fingerprint density at radius 1 is 1.10 bits per heavy atom. The van der Waals surface area contributed by atoms with E-state index in [0.717, 1.165) is 43.9 Å². The van der Waals surface area contributed by atoms with Crippen molar-refractivity contribution in [3.63, 3.8) is 0 Å². The van der Waals surface area contributed by atoms with Crippen molar-refractivity contribution < 1.29 is 4.39 Å².